The summed E-state index contributed by atoms with van der Waals surface area (Å²) in [5.41, 5.74) is 2.60. The van der Waals surface area contributed by atoms with Crippen LogP contribution in [0.5, 0.6) is 0 Å². The number of carbonyl (C=O) groups excluding carboxylic acids is 3. The summed E-state index contributed by atoms with van der Waals surface area (Å²) in [7, 11) is 0. The summed E-state index contributed by atoms with van der Waals surface area (Å²) in [6.45, 7) is 6.07. The van der Waals surface area contributed by atoms with E-state index in [1.54, 1.807) is 6.92 Å². The molecule has 0 spiro atoms. The Balaban J connectivity index is 1.55. The fraction of sp³-hybridized carbons (Fsp3) is 0.550. The van der Waals surface area contributed by atoms with Gasteiger partial charge in [-0.1, -0.05) is 37.3 Å². The smallest absolute Gasteiger partial charge is 0.327 e. The standard InChI is InChI=1S/C20H28N4O3/c1-15-7-6-12-23(13-15)14-17(25)22-24-18(26)20(2,21-19(24)27)11-10-16-8-4-3-5-9-16/h3-5,8-9,15H,6-7,10-14H2,1-2H3,(H,21,27)(H,22,25)/p+1/t15-,20-/m1/s1. The van der Waals surface area contributed by atoms with Gasteiger partial charge in [0.2, 0.25) is 0 Å². The number of hydrogen-bond donors (Lipinski definition) is 3. The van der Waals surface area contributed by atoms with E-state index in [1.807, 2.05) is 30.3 Å². The Morgan fingerprint density at radius 2 is 2.07 bits per heavy atom. The highest BCUT2D eigenvalue weighted by molar-refractivity contribution is 6.07. The van der Waals surface area contributed by atoms with E-state index in [-0.39, 0.29) is 12.5 Å². The number of benzene rings is 1. The lowest BCUT2D eigenvalue weighted by molar-refractivity contribution is -0.900. The molecule has 0 aromatic heterocycles. The first-order chi connectivity index (χ1) is 12.9. The SMILES string of the molecule is C[C@@H]1CCC[NH+](CC(=O)NN2C(=O)N[C@](C)(CCc3ccccc3)C2=O)C1. The van der Waals surface area contributed by atoms with E-state index in [9.17, 15) is 14.4 Å². The Bertz CT molecular complexity index is 708. The van der Waals surface area contributed by atoms with Gasteiger partial charge < -0.3 is 10.2 Å². The summed E-state index contributed by atoms with van der Waals surface area (Å²) in [5, 5.41) is 3.58. The molecular weight excluding hydrogens is 344 g/mol. The zero-order valence-corrected chi connectivity index (χ0v) is 16.1. The summed E-state index contributed by atoms with van der Waals surface area (Å²) in [6.07, 6.45) is 3.44. The first kappa shape index (κ1) is 19.4. The minimum Gasteiger partial charge on any atom is -0.327 e. The molecule has 2 saturated heterocycles. The van der Waals surface area contributed by atoms with Crippen molar-refractivity contribution in [2.24, 2.45) is 5.92 Å². The molecule has 3 atom stereocenters. The van der Waals surface area contributed by atoms with Gasteiger partial charge in [0.25, 0.3) is 11.8 Å². The number of carbonyl (C=O) groups is 3. The van der Waals surface area contributed by atoms with Crippen molar-refractivity contribution in [3.8, 4) is 0 Å². The van der Waals surface area contributed by atoms with Crippen LogP contribution in [0.2, 0.25) is 0 Å². The number of nitrogens with one attached hydrogen (secondary N) is 3. The predicted octanol–water partition coefficient (Wildman–Crippen LogP) is 0.276. The number of rotatable bonds is 6. The zero-order valence-electron chi connectivity index (χ0n) is 16.1. The van der Waals surface area contributed by atoms with Crippen LogP contribution in [0.25, 0.3) is 0 Å². The second kappa shape index (κ2) is 8.08. The number of piperidine rings is 1. The maximum Gasteiger partial charge on any atom is 0.344 e. The molecule has 2 aliphatic rings. The Kier molecular flexibility index (Phi) is 5.79. The van der Waals surface area contributed by atoms with Crippen LogP contribution in [-0.2, 0) is 16.0 Å². The molecule has 2 fully saturated rings. The molecular formula is C20H29N4O3+. The molecule has 0 bridgehead atoms. The van der Waals surface area contributed by atoms with Crippen LogP contribution < -0.4 is 15.6 Å². The molecule has 2 heterocycles. The second-order valence-corrected chi connectivity index (χ2v) is 8.05. The number of hydrogen-bond acceptors (Lipinski definition) is 3. The molecule has 1 aromatic carbocycles. The number of quaternary nitrogens is 1. The van der Waals surface area contributed by atoms with Gasteiger partial charge in [-0.05, 0) is 38.2 Å². The Hall–Kier alpha value is -2.41. The third-order valence-electron chi connectivity index (χ3n) is 5.53. The number of nitrogens with zero attached hydrogens (tertiary/aromatic N) is 1. The molecule has 0 aliphatic carbocycles. The van der Waals surface area contributed by atoms with Gasteiger partial charge in [-0.15, -0.1) is 0 Å². The van der Waals surface area contributed by atoms with Gasteiger partial charge in [0.05, 0.1) is 13.1 Å². The maximum absolute atomic E-state index is 12.8. The van der Waals surface area contributed by atoms with Crippen LogP contribution in [0.15, 0.2) is 30.3 Å². The lowest BCUT2D eigenvalue weighted by atomic mass is 9.93. The highest BCUT2D eigenvalue weighted by atomic mass is 16.2. The molecule has 1 unspecified atom stereocenters. The fourth-order valence-electron chi connectivity index (χ4n) is 3.94. The third-order valence-corrected chi connectivity index (χ3v) is 5.53. The number of aryl methyl sites for hydroxylation is 1. The summed E-state index contributed by atoms with van der Waals surface area (Å²) < 4.78 is 0. The van der Waals surface area contributed by atoms with Crippen molar-refractivity contribution in [2.75, 3.05) is 19.6 Å². The number of urea groups is 1. The number of hydrazine groups is 1. The van der Waals surface area contributed by atoms with Crippen molar-refractivity contribution >= 4 is 17.8 Å². The molecule has 7 heteroatoms. The molecule has 2 aliphatic heterocycles. The van der Waals surface area contributed by atoms with E-state index in [0.29, 0.717) is 18.8 Å². The lowest BCUT2D eigenvalue weighted by Crippen LogP contribution is -3.14. The van der Waals surface area contributed by atoms with Gasteiger partial charge in [0, 0.05) is 5.92 Å². The van der Waals surface area contributed by atoms with Gasteiger partial charge in [0.15, 0.2) is 6.54 Å². The highest BCUT2D eigenvalue weighted by Gasteiger charge is 2.48. The normalized spacial score (nSPS) is 28.1. The Morgan fingerprint density at radius 3 is 2.78 bits per heavy atom. The molecule has 27 heavy (non-hydrogen) atoms. The second-order valence-electron chi connectivity index (χ2n) is 8.05. The molecule has 0 saturated carbocycles. The monoisotopic (exact) mass is 373 g/mol. The van der Waals surface area contributed by atoms with Crippen LogP contribution in [-0.4, -0.2) is 48.0 Å². The quantitative estimate of drug-likeness (QED) is 0.626. The number of likely N-dealkylation sites (tertiary alicyclic amines) is 1. The van der Waals surface area contributed by atoms with E-state index in [1.165, 1.54) is 11.3 Å². The Labute approximate surface area is 160 Å². The van der Waals surface area contributed by atoms with Gasteiger partial charge >= 0.3 is 6.03 Å². The van der Waals surface area contributed by atoms with E-state index in [0.717, 1.165) is 30.1 Å². The summed E-state index contributed by atoms with van der Waals surface area (Å²) in [6, 6.07) is 9.26. The van der Waals surface area contributed by atoms with Gasteiger partial charge in [-0.2, -0.15) is 5.01 Å². The van der Waals surface area contributed by atoms with Gasteiger partial charge in [0.1, 0.15) is 5.54 Å². The summed E-state index contributed by atoms with van der Waals surface area (Å²) >= 11 is 0. The topological polar surface area (TPSA) is 82.9 Å². The third kappa shape index (κ3) is 4.66. The molecule has 3 rings (SSSR count). The van der Waals surface area contributed by atoms with E-state index >= 15 is 0 Å². The van der Waals surface area contributed by atoms with Gasteiger partial charge in [-0.3, -0.25) is 15.0 Å². The molecule has 146 valence electrons. The first-order valence-electron chi connectivity index (χ1n) is 9.71. The average Bonchev–Trinajstić information content (AvgIpc) is 2.84. The van der Waals surface area contributed by atoms with Crippen molar-refractivity contribution in [3.05, 3.63) is 35.9 Å². The highest BCUT2D eigenvalue weighted by Crippen LogP contribution is 2.22. The van der Waals surface area contributed by atoms with Crippen molar-refractivity contribution in [1.82, 2.24) is 15.8 Å². The van der Waals surface area contributed by atoms with Crippen molar-refractivity contribution < 1.29 is 19.3 Å². The van der Waals surface area contributed by atoms with E-state index < -0.39 is 17.5 Å². The summed E-state index contributed by atoms with van der Waals surface area (Å²) in [5.74, 6) is -0.103. The van der Waals surface area contributed by atoms with Crippen molar-refractivity contribution in [2.45, 2.75) is 45.1 Å². The van der Waals surface area contributed by atoms with Crippen molar-refractivity contribution in [1.29, 1.82) is 0 Å². The first-order valence-corrected chi connectivity index (χ1v) is 9.71. The fourth-order valence-corrected chi connectivity index (χ4v) is 3.94. The maximum atomic E-state index is 12.8. The molecule has 4 amide bonds. The van der Waals surface area contributed by atoms with Crippen LogP contribution in [0.4, 0.5) is 4.79 Å². The minimum atomic E-state index is -1.01. The van der Waals surface area contributed by atoms with Gasteiger partial charge in [-0.25, -0.2) is 4.79 Å². The molecule has 1 aromatic rings. The number of amides is 4. The molecule has 0 radical (unpaired) electrons. The Morgan fingerprint density at radius 1 is 1.33 bits per heavy atom. The summed E-state index contributed by atoms with van der Waals surface area (Å²) in [4.78, 5) is 38.6. The molecule has 3 N–H and O–H groups in total. The lowest BCUT2D eigenvalue weighted by Gasteiger charge is -2.27. The van der Waals surface area contributed by atoms with Crippen molar-refractivity contribution in [3.63, 3.8) is 0 Å². The van der Waals surface area contributed by atoms with Crippen LogP contribution >= 0.6 is 0 Å². The van der Waals surface area contributed by atoms with Crippen LogP contribution in [0, 0.1) is 5.92 Å². The van der Waals surface area contributed by atoms with Crippen LogP contribution in [0.1, 0.15) is 38.7 Å². The minimum absolute atomic E-state index is 0.280. The molecule has 7 nitrogen and oxygen atoms in total. The zero-order chi connectivity index (χ0) is 19.4. The van der Waals surface area contributed by atoms with Crippen LogP contribution in [0.3, 0.4) is 0 Å². The number of imide groups is 1. The predicted molar refractivity (Wildman–Crippen MR) is 101 cm³/mol. The largest absolute Gasteiger partial charge is 0.344 e. The van der Waals surface area contributed by atoms with E-state index in [2.05, 4.69) is 17.7 Å². The average molecular weight is 373 g/mol. The van der Waals surface area contributed by atoms with E-state index in [4.69, 9.17) is 0 Å².